The molecule has 0 fully saturated rings. The van der Waals surface area contributed by atoms with E-state index in [2.05, 4.69) is 6.92 Å². The highest BCUT2D eigenvalue weighted by atomic mass is 32.2. The Morgan fingerprint density at radius 1 is 0.622 bits per heavy atom. The van der Waals surface area contributed by atoms with Crippen LogP contribution in [0, 0.1) is 0 Å². The SMILES string of the molecule is CCCCCCCCCCCCCCCCc1ccc(Oc2ccc(S(=O)(=O)O)cc2)c(S(=O)(=O)O)c1. The van der Waals surface area contributed by atoms with Crippen molar-refractivity contribution in [2.24, 2.45) is 0 Å². The number of aryl methyl sites for hydroxylation is 1. The summed E-state index contributed by atoms with van der Waals surface area (Å²) < 4.78 is 70.6. The van der Waals surface area contributed by atoms with Crippen molar-refractivity contribution in [3.63, 3.8) is 0 Å². The Morgan fingerprint density at radius 3 is 1.57 bits per heavy atom. The van der Waals surface area contributed by atoms with Crippen LogP contribution in [0.5, 0.6) is 11.5 Å². The minimum absolute atomic E-state index is 0.0631. The average Bonchev–Trinajstić information content (AvgIpc) is 2.84. The monoisotopic (exact) mass is 554 g/mol. The van der Waals surface area contributed by atoms with Crippen LogP contribution in [0.15, 0.2) is 52.3 Å². The Morgan fingerprint density at radius 2 is 1.11 bits per heavy atom. The van der Waals surface area contributed by atoms with Crippen molar-refractivity contribution in [2.75, 3.05) is 0 Å². The standard InChI is InChI=1S/C28H42O7S2/c1-2-3-4-5-6-7-8-9-10-11-12-13-14-15-16-24-17-22-27(28(23-24)37(32,33)34)35-25-18-20-26(21-19-25)36(29,30)31/h17-23H,2-16H2,1H3,(H,29,30,31)(H,32,33,34). The summed E-state index contributed by atoms with van der Waals surface area (Å²) in [5.41, 5.74) is 0.792. The van der Waals surface area contributed by atoms with Gasteiger partial charge in [-0.2, -0.15) is 16.8 Å². The van der Waals surface area contributed by atoms with E-state index in [1.807, 2.05) is 0 Å². The third kappa shape index (κ3) is 12.4. The van der Waals surface area contributed by atoms with Gasteiger partial charge in [-0.1, -0.05) is 96.5 Å². The summed E-state index contributed by atoms with van der Waals surface area (Å²) >= 11 is 0. The maximum atomic E-state index is 11.9. The third-order valence-electron chi connectivity index (χ3n) is 6.45. The van der Waals surface area contributed by atoms with E-state index in [1.165, 1.54) is 94.9 Å². The maximum absolute atomic E-state index is 11.9. The second-order valence-electron chi connectivity index (χ2n) is 9.65. The third-order valence-corrected chi connectivity index (χ3v) is 8.20. The molecule has 0 saturated heterocycles. The van der Waals surface area contributed by atoms with Crippen molar-refractivity contribution < 1.29 is 30.7 Å². The molecule has 37 heavy (non-hydrogen) atoms. The van der Waals surface area contributed by atoms with Crippen molar-refractivity contribution in [1.82, 2.24) is 0 Å². The first kappa shape index (κ1) is 31.3. The van der Waals surface area contributed by atoms with Gasteiger partial charge in [0.2, 0.25) is 0 Å². The molecule has 0 spiro atoms. The Kier molecular flexibility index (Phi) is 13.6. The Bertz CT molecular complexity index is 1140. The summed E-state index contributed by atoms with van der Waals surface area (Å²) in [6, 6.07) is 9.53. The van der Waals surface area contributed by atoms with Crippen LogP contribution in [-0.4, -0.2) is 25.9 Å². The maximum Gasteiger partial charge on any atom is 0.298 e. The number of hydrogen-bond acceptors (Lipinski definition) is 5. The van der Waals surface area contributed by atoms with E-state index in [4.69, 9.17) is 9.29 Å². The number of rotatable bonds is 19. The zero-order chi connectivity index (χ0) is 27.2. The van der Waals surface area contributed by atoms with Crippen molar-refractivity contribution in [1.29, 1.82) is 0 Å². The first-order chi connectivity index (χ1) is 17.6. The summed E-state index contributed by atoms with van der Waals surface area (Å²) in [7, 11) is -8.87. The molecule has 0 bridgehead atoms. The quantitative estimate of drug-likeness (QED) is 0.133. The molecule has 0 aliphatic heterocycles. The summed E-state index contributed by atoms with van der Waals surface area (Å²) in [5.74, 6) is 0.101. The Labute approximate surface area is 223 Å². The lowest BCUT2D eigenvalue weighted by Gasteiger charge is -2.12. The Hall–Kier alpha value is -1.94. The van der Waals surface area contributed by atoms with Crippen LogP contribution in [0.2, 0.25) is 0 Å². The van der Waals surface area contributed by atoms with E-state index in [9.17, 15) is 21.4 Å². The fourth-order valence-corrected chi connectivity index (χ4v) is 5.47. The molecular formula is C28H42O7S2. The van der Waals surface area contributed by atoms with Crippen molar-refractivity contribution >= 4 is 20.2 Å². The molecule has 0 unspecified atom stereocenters. The molecule has 0 saturated carbocycles. The van der Waals surface area contributed by atoms with Crippen LogP contribution in [0.3, 0.4) is 0 Å². The topological polar surface area (TPSA) is 118 Å². The van der Waals surface area contributed by atoms with Gasteiger partial charge < -0.3 is 4.74 Å². The van der Waals surface area contributed by atoms with Gasteiger partial charge >= 0.3 is 0 Å². The highest BCUT2D eigenvalue weighted by Crippen LogP contribution is 2.31. The summed E-state index contributed by atoms with van der Waals surface area (Å²) in [4.78, 5) is -0.646. The second-order valence-corrected chi connectivity index (χ2v) is 12.5. The van der Waals surface area contributed by atoms with E-state index < -0.39 is 20.2 Å². The van der Waals surface area contributed by atoms with E-state index in [1.54, 1.807) is 6.07 Å². The van der Waals surface area contributed by atoms with E-state index in [-0.39, 0.29) is 21.3 Å². The molecule has 7 nitrogen and oxygen atoms in total. The normalized spacial score (nSPS) is 12.1. The highest BCUT2D eigenvalue weighted by molar-refractivity contribution is 7.86. The van der Waals surface area contributed by atoms with Gasteiger partial charge in [-0.25, -0.2) is 0 Å². The second kappa shape index (κ2) is 16.1. The number of ether oxygens (including phenoxy) is 1. The van der Waals surface area contributed by atoms with Gasteiger partial charge in [0.25, 0.3) is 20.2 Å². The smallest absolute Gasteiger partial charge is 0.298 e. The molecule has 0 radical (unpaired) electrons. The van der Waals surface area contributed by atoms with E-state index in [0.29, 0.717) is 6.42 Å². The first-order valence-electron chi connectivity index (χ1n) is 13.5. The van der Waals surface area contributed by atoms with Crippen LogP contribution in [0.1, 0.15) is 102 Å². The molecule has 2 rings (SSSR count). The molecule has 2 aromatic rings. The average molecular weight is 555 g/mol. The number of benzene rings is 2. The fraction of sp³-hybridized carbons (Fsp3) is 0.571. The molecule has 2 aromatic carbocycles. The molecule has 0 amide bonds. The van der Waals surface area contributed by atoms with Gasteiger partial charge in [-0.05, 0) is 54.8 Å². The molecule has 0 aliphatic rings. The summed E-state index contributed by atoms with van der Waals surface area (Å²) in [6.45, 7) is 2.25. The van der Waals surface area contributed by atoms with Gasteiger partial charge in [0, 0.05) is 0 Å². The highest BCUT2D eigenvalue weighted by Gasteiger charge is 2.19. The molecule has 208 valence electrons. The molecule has 0 atom stereocenters. The van der Waals surface area contributed by atoms with Crippen LogP contribution >= 0.6 is 0 Å². The van der Waals surface area contributed by atoms with Gasteiger partial charge in [-0.3, -0.25) is 9.11 Å². The van der Waals surface area contributed by atoms with E-state index in [0.717, 1.165) is 37.0 Å². The lowest BCUT2D eigenvalue weighted by molar-refractivity contribution is 0.449. The predicted octanol–water partition coefficient (Wildman–Crippen LogP) is 8.00. The molecule has 0 aliphatic carbocycles. The molecule has 9 heteroatoms. The van der Waals surface area contributed by atoms with Gasteiger partial charge in [0.05, 0.1) is 4.90 Å². The largest absolute Gasteiger partial charge is 0.456 e. The fourth-order valence-electron chi connectivity index (χ4n) is 4.32. The minimum Gasteiger partial charge on any atom is -0.456 e. The van der Waals surface area contributed by atoms with Crippen molar-refractivity contribution in [3.05, 3.63) is 48.0 Å². The molecule has 0 aromatic heterocycles. The molecular weight excluding hydrogens is 512 g/mol. The number of unbranched alkanes of at least 4 members (excludes halogenated alkanes) is 13. The summed E-state index contributed by atoms with van der Waals surface area (Å²) in [5, 5.41) is 0. The van der Waals surface area contributed by atoms with E-state index >= 15 is 0 Å². The lowest BCUT2D eigenvalue weighted by Crippen LogP contribution is -2.03. The molecule has 2 N–H and O–H groups in total. The van der Waals surface area contributed by atoms with Crippen molar-refractivity contribution in [2.45, 2.75) is 113 Å². The van der Waals surface area contributed by atoms with Gasteiger partial charge in [-0.15, -0.1) is 0 Å². The Balaban J connectivity index is 1.73. The van der Waals surface area contributed by atoms with Crippen molar-refractivity contribution in [3.8, 4) is 11.5 Å². The zero-order valence-electron chi connectivity index (χ0n) is 21.9. The lowest BCUT2D eigenvalue weighted by atomic mass is 10.0. The minimum atomic E-state index is -4.53. The molecule has 0 heterocycles. The van der Waals surface area contributed by atoms with Crippen LogP contribution in [-0.2, 0) is 26.7 Å². The summed E-state index contributed by atoms with van der Waals surface area (Å²) in [6.07, 6.45) is 18.4. The first-order valence-corrected chi connectivity index (χ1v) is 16.3. The van der Waals surface area contributed by atoms with Crippen LogP contribution in [0.4, 0.5) is 0 Å². The van der Waals surface area contributed by atoms with Gasteiger partial charge in [0.15, 0.2) is 0 Å². The predicted molar refractivity (Wildman–Crippen MR) is 147 cm³/mol. The zero-order valence-corrected chi connectivity index (χ0v) is 23.5. The van der Waals surface area contributed by atoms with Crippen LogP contribution in [0.25, 0.3) is 0 Å². The van der Waals surface area contributed by atoms with Gasteiger partial charge in [0.1, 0.15) is 16.4 Å². The van der Waals surface area contributed by atoms with Crippen LogP contribution < -0.4 is 4.74 Å². The number of hydrogen-bond donors (Lipinski definition) is 2.